The Morgan fingerprint density at radius 2 is 2.18 bits per heavy atom. The topological polar surface area (TPSA) is 58.4 Å². The average molecular weight is 233 g/mol. The third-order valence-corrected chi connectivity index (χ3v) is 3.52. The quantitative estimate of drug-likeness (QED) is 0.780. The van der Waals surface area contributed by atoms with E-state index >= 15 is 0 Å². The highest BCUT2D eigenvalue weighted by atomic mass is 16.1. The standard InChI is InChI=1S/C13H19N3O/c1-15-13(17)9-6-7-11(14)12(8-9)16(2)10-4-3-5-10/h6-8,10H,3-5,14H2,1-2H3,(H,15,17). The van der Waals surface area contributed by atoms with Gasteiger partial charge in [-0.15, -0.1) is 0 Å². The lowest BCUT2D eigenvalue weighted by Gasteiger charge is -2.37. The molecule has 1 fully saturated rings. The van der Waals surface area contributed by atoms with Gasteiger partial charge in [0.15, 0.2) is 0 Å². The van der Waals surface area contributed by atoms with E-state index < -0.39 is 0 Å². The number of benzene rings is 1. The van der Waals surface area contributed by atoms with Crippen LogP contribution >= 0.6 is 0 Å². The normalized spacial score (nSPS) is 15.2. The van der Waals surface area contributed by atoms with Crippen LogP contribution in [0.2, 0.25) is 0 Å². The number of hydrogen-bond acceptors (Lipinski definition) is 3. The number of anilines is 2. The number of carbonyl (C=O) groups excluding carboxylic acids is 1. The summed E-state index contributed by atoms with van der Waals surface area (Å²) >= 11 is 0. The summed E-state index contributed by atoms with van der Waals surface area (Å²) in [5.74, 6) is -0.0757. The smallest absolute Gasteiger partial charge is 0.251 e. The summed E-state index contributed by atoms with van der Waals surface area (Å²) in [5.41, 5.74) is 8.31. The van der Waals surface area contributed by atoms with E-state index in [1.54, 1.807) is 19.2 Å². The number of hydrogen-bond donors (Lipinski definition) is 2. The highest BCUT2D eigenvalue weighted by Gasteiger charge is 2.23. The van der Waals surface area contributed by atoms with Crippen molar-refractivity contribution in [3.05, 3.63) is 23.8 Å². The van der Waals surface area contributed by atoms with Gasteiger partial charge in [0.25, 0.3) is 5.91 Å². The second-order valence-electron chi connectivity index (χ2n) is 4.55. The number of carbonyl (C=O) groups is 1. The molecule has 1 aliphatic carbocycles. The monoisotopic (exact) mass is 233 g/mol. The lowest BCUT2D eigenvalue weighted by Crippen LogP contribution is -2.37. The van der Waals surface area contributed by atoms with Crippen molar-refractivity contribution in [3.8, 4) is 0 Å². The molecule has 4 heteroatoms. The zero-order valence-electron chi connectivity index (χ0n) is 10.4. The van der Waals surface area contributed by atoms with Gasteiger partial charge in [-0.05, 0) is 37.5 Å². The van der Waals surface area contributed by atoms with Crippen molar-refractivity contribution in [2.24, 2.45) is 0 Å². The molecule has 0 saturated heterocycles. The molecular weight excluding hydrogens is 214 g/mol. The number of amides is 1. The Morgan fingerprint density at radius 3 is 2.71 bits per heavy atom. The van der Waals surface area contributed by atoms with Gasteiger partial charge < -0.3 is 16.0 Å². The molecule has 17 heavy (non-hydrogen) atoms. The molecule has 1 saturated carbocycles. The fraction of sp³-hybridized carbons (Fsp3) is 0.462. The van der Waals surface area contributed by atoms with E-state index in [1.165, 1.54) is 19.3 Å². The third-order valence-electron chi connectivity index (χ3n) is 3.52. The Labute approximate surface area is 102 Å². The van der Waals surface area contributed by atoms with Crippen molar-refractivity contribution in [2.45, 2.75) is 25.3 Å². The fourth-order valence-electron chi connectivity index (χ4n) is 2.11. The van der Waals surface area contributed by atoms with E-state index in [1.807, 2.05) is 13.1 Å². The maximum absolute atomic E-state index is 11.6. The largest absolute Gasteiger partial charge is 0.397 e. The van der Waals surface area contributed by atoms with Gasteiger partial charge in [0.05, 0.1) is 11.4 Å². The predicted octanol–water partition coefficient (Wildman–Crippen LogP) is 1.62. The van der Waals surface area contributed by atoms with Gasteiger partial charge in [-0.3, -0.25) is 4.79 Å². The van der Waals surface area contributed by atoms with Gasteiger partial charge in [0.2, 0.25) is 0 Å². The molecular formula is C13H19N3O. The van der Waals surface area contributed by atoms with E-state index in [0.717, 1.165) is 11.4 Å². The predicted molar refractivity (Wildman–Crippen MR) is 70.3 cm³/mol. The number of nitrogens with zero attached hydrogens (tertiary/aromatic N) is 1. The van der Waals surface area contributed by atoms with Gasteiger partial charge in [0.1, 0.15) is 0 Å². The highest BCUT2D eigenvalue weighted by Crippen LogP contribution is 2.32. The van der Waals surface area contributed by atoms with Crippen LogP contribution in [0.5, 0.6) is 0 Å². The number of nitrogens with one attached hydrogen (secondary N) is 1. The highest BCUT2D eigenvalue weighted by molar-refractivity contribution is 5.96. The van der Waals surface area contributed by atoms with E-state index in [4.69, 9.17) is 5.73 Å². The summed E-state index contributed by atoms with van der Waals surface area (Å²) in [7, 11) is 3.68. The minimum atomic E-state index is -0.0757. The Morgan fingerprint density at radius 1 is 1.47 bits per heavy atom. The van der Waals surface area contributed by atoms with Gasteiger partial charge in [-0.1, -0.05) is 0 Å². The summed E-state index contributed by atoms with van der Waals surface area (Å²) in [6.45, 7) is 0. The van der Waals surface area contributed by atoms with Crippen molar-refractivity contribution in [1.29, 1.82) is 0 Å². The molecule has 1 aromatic rings. The first kappa shape index (κ1) is 11.8. The third kappa shape index (κ3) is 2.20. The van der Waals surface area contributed by atoms with Crippen LogP contribution in [-0.4, -0.2) is 26.0 Å². The summed E-state index contributed by atoms with van der Waals surface area (Å²) in [4.78, 5) is 13.8. The molecule has 4 nitrogen and oxygen atoms in total. The molecule has 0 spiro atoms. The second kappa shape index (κ2) is 4.65. The molecule has 0 unspecified atom stereocenters. The first-order valence-electron chi connectivity index (χ1n) is 5.98. The van der Waals surface area contributed by atoms with Crippen LogP contribution in [0.1, 0.15) is 29.6 Å². The second-order valence-corrected chi connectivity index (χ2v) is 4.55. The number of nitrogens with two attached hydrogens (primary N) is 1. The van der Waals surface area contributed by atoms with Crippen molar-refractivity contribution in [1.82, 2.24) is 5.32 Å². The summed E-state index contributed by atoms with van der Waals surface area (Å²) in [6, 6.07) is 5.99. The Bertz CT molecular complexity index is 427. The SMILES string of the molecule is CNC(=O)c1ccc(N)c(N(C)C2CCC2)c1. The molecule has 1 aromatic carbocycles. The lowest BCUT2D eigenvalue weighted by molar-refractivity contribution is 0.0963. The maximum Gasteiger partial charge on any atom is 0.251 e. The maximum atomic E-state index is 11.6. The Kier molecular flexibility index (Phi) is 3.22. The average Bonchev–Trinajstić information content (AvgIpc) is 2.26. The minimum absolute atomic E-state index is 0.0757. The molecule has 0 radical (unpaired) electrons. The van der Waals surface area contributed by atoms with E-state index in [2.05, 4.69) is 10.2 Å². The van der Waals surface area contributed by atoms with Crippen LogP contribution in [0.3, 0.4) is 0 Å². The van der Waals surface area contributed by atoms with Crippen molar-refractivity contribution in [2.75, 3.05) is 24.7 Å². The first-order chi connectivity index (χ1) is 8.13. The molecule has 1 amide bonds. The molecule has 1 aliphatic rings. The molecule has 0 atom stereocenters. The van der Waals surface area contributed by atoms with Crippen molar-refractivity contribution in [3.63, 3.8) is 0 Å². The zero-order valence-corrected chi connectivity index (χ0v) is 10.4. The Hall–Kier alpha value is -1.71. The van der Waals surface area contributed by atoms with E-state index in [0.29, 0.717) is 11.6 Å². The number of rotatable bonds is 3. The minimum Gasteiger partial charge on any atom is -0.397 e. The van der Waals surface area contributed by atoms with Crippen molar-refractivity contribution >= 4 is 17.3 Å². The van der Waals surface area contributed by atoms with E-state index in [9.17, 15) is 4.79 Å². The number of nitrogen functional groups attached to an aromatic ring is 1. The van der Waals surface area contributed by atoms with Gasteiger partial charge in [-0.2, -0.15) is 0 Å². The van der Waals surface area contributed by atoms with E-state index in [-0.39, 0.29) is 5.91 Å². The molecule has 0 heterocycles. The fourth-order valence-corrected chi connectivity index (χ4v) is 2.11. The zero-order chi connectivity index (χ0) is 12.4. The van der Waals surface area contributed by atoms with Crippen LogP contribution < -0.4 is 16.0 Å². The van der Waals surface area contributed by atoms with Crippen LogP contribution in [0.15, 0.2) is 18.2 Å². The van der Waals surface area contributed by atoms with Crippen molar-refractivity contribution < 1.29 is 4.79 Å². The van der Waals surface area contributed by atoms with Gasteiger partial charge in [0, 0.05) is 25.7 Å². The molecule has 2 rings (SSSR count). The molecule has 0 aromatic heterocycles. The van der Waals surface area contributed by atoms with Crippen LogP contribution in [-0.2, 0) is 0 Å². The van der Waals surface area contributed by atoms with Gasteiger partial charge in [-0.25, -0.2) is 0 Å². The Balaban J connectivity index is 2.28. The summed E-state index contributed by atoms with van der Waals surface area (Å²) < 4.78 is 0. The van der Waals surface area contributed by atoms with Crippen LogP contribution in [0, 0.1) is 0 Å². The summed E-state index contributed by atoms with van der Waals surface area (Å²) in [5, 5.41) is 2.63. The summed E-state index contributed by atoms with van der Waals surface area (Å²) in [6.07, 6.45) is 3.70. The van der Waals surface area contributed by atoms with Gasteiger partial charge >= 0.3 is 0 Å². The molecule has 3 N–H and O–H groups in total. The molecule has 92 valence electrons. The van der Waals surface area contributed by atoms with Crippen LogP contribution in [0.4, 0.5) is 11.4 Å². The molecule has 0 bridgehead atoms. The first-order valence-corrected chi connectivity index (χ1v) is 5.98. The molecule has 0 aliphatic heterocycles. The lowest BCUT2D eigenvalue weighted by atomic mass is 9.91. The van der Waals surface area contributed by atoms with Crippen LogP contribution in [0.25, 0.3) is 0 Å².